The molecular weight excluding hydrogens is 668 g/mol. The summed E-state index contributed by atoms with van der Waals surface area (Å²) in [6, 6.07) is 21.3. The molecule has 243 valence electrons. The fourth-order valence-electron chi connectivity index (χ4n) is 4.52. The number of aromatic hydroxyl groups is 2. The normalized spacial score (nSPS) is 11.4. The zero-order chi connectivity index (χ0) is 33.1. The van der Waals surface area contributed by atoms with E-state index in [0.29, 0.717) is 28.3 Å². The van der Waals surface area contributed by atoms with Crippen molar-refractivity contribution in [1.29, 1.82) is 0 Å². The quantitative estimate of drug-likeness (QED) is 0.0888. The van der Waals surface area contributed by atoms with Crippen molar-refractivity contribution in [1.82, 2.24) is 18.7 Å². The summed E-state index contributed by atoms with van der Waals surface area (Å²) in [7, 11) is -1.62. The maximum atomic E-state index is 13.2. The van der Waals surface area contributed by atoms with Crippen molar-refractivity contribution in [2.24, 2.45) is 24.1 Å². The maximum Gasteiger partial charge on any atom is 2.00 e. The van der Waals surface area contributed by atoms with Gasteiger partial charge in [-0.1, -0.05) is 36.4 Å². The van der Waals surface area contributed by atoms with E-state index in [-0.39, 0.29) is 56.6 Å². The van der Waals surface area contributed by atoms with E-state index in [1.807, 2.05) is 60.7 Å². The van der Waals surface area contributed by atoms with E-state index >= 15 is 0 Å². The topological polar surface area (TPSA) is 199 Å². The first-order valence-corrected chi connectivity index (χ1v) is 14.5. The van der Waals surface area contributed by atoms with Crippen LogP contribution in [0.4, 0.5) is 11.4 Å². The third-order valence-electron chi connectivity index (χ3n) is 6.86. The van der Waals surface area contributed by atoms with Crippen LogP contribution in [0, 0.1) is 13.8 Å². The first kappa shape index (κ1) is 35.5. The summed E-state index contributed by atoms with van der Waals surface area (Å²) in [4.78, 5) is 35.1. The van der Waals surface area contributed by atoms with Crippen LogP contribution in [0.1, 0.15) is 22.5 Å². The Morgan fingerprint density at radius 3 is 1.52 bits per heavy atom. The smallest absolute Gasteiger partial charge is 0.759 e. The summed E-state index contributed by atoms with van der Waals surface area (Å²) in [5.41, 5.74) is 3.13. The van der Waals surface area contributed by atoms with Crippen molar-refractivity contribution in [3.05, 3.63) is 116 Å². The summed E-state index contributed by atoms with van der Waals surface area (Å²) in [5, 5.41) is 20.9. The van der Waals surface area contributed by atoms with E-state index in [0.717, 1.165) is 0 Å². The molecule has 16 heteroatoms. The first-order chi connectivity index (χ1) is 21.2. The number of phenolic OH excluding ortho intramolecular Hbond substituents is 2. The van der Waals surface area contributed by atoms with Crippen LogP contribution in [0.5, 0.6) is 11.5 Å². The molecule has 0 fully saturated rings. The van der Waals surface area contributed by atoms with Crippen LogP contribution in [-0.2, 0) is 41.6 Å². The molecule has 0 saturated heterocycles. The van der Waals surface area contributed by atoms with Crippen LogP contribution < -0.4 is 11.1 Å². The van der Waals surface area contributed by atoms with Gasteiger partial charge in [0, 0.05) is 42.5 Å². The van der Waals surface area contributed by atoms with E-state index < -0.39 is 10.4 Å². The summed E-state index contributed by atoms with van der Waals surface area (Å²) < 4.78 is 40.5. The molecule has 0 aliphatic carbocycles. The predicted octanol–water partition coefficient (Wildman–Crippen LogP) is 2.85. The van der Waals surface area contributed by atoms with Gasteiger partial charge in [0.25, 0.3) is 11.1 Å². The zero-order valence-corrected chi connectivity index (χ0v) is 26.6. The second kappa shape index (κ2) is 14.4. The van der Waals surface area contributed by atoms with Crippen LogP contribution in [-0.4, -0.2) is 58.9 Å². The number of phenols is 2. The van der Waals surface area contributed by atoms with Gasteiger partial charge in [-0.2, -0.15) is 0 Å². The fourth-order valence-corrected chi connectivity index (χ4v) is 4.52. The molecule has 0 saturated carbocycles. The molecule has 3 aromatic carbocycles. The van der Waals surface area contributed by atoms with Gasteiger partial charge in [-0.15, -0.1) is 0 Å². The van der Waals surface area contributed by atoms with Crippen LogP contribution in [0.3, 0.4) is 0 Å². The molecule has 14 nitrogen and oxygen atoms in total. The minimum absolute atomic E-state index is 0. The number of para-hydroxylation sites is 2. The Morgan fingerprint density at radius 2 is 1.11 bits per heavy atom. The SMILES string of the molecule is Cc1c(N=Cc2cc(O)c(O)c(C=Nc3c(C)n(C)n(-c4ccccc4)c3=O)c2)c(=O)n(-c2ccccc2)n1C.O=S(=O)([O-])[O-].[Cu+2]. The van der Waals surface area contributed by atoms with Gasteiger partial charge in [0.2, 0.25) is 0 Å². The van der Waals surface area contributed by atoms with Gasteiger partial charge in [0.05, 0.1) is 22.8 Å². The van der Waals surface area contributed by atoms with E-state index in [2.05, 4.69) is 9.98 Å². The largest absolute Gasteiger partial charge is 2.00 e. The van der Waals surface area contributed by atoms with E-state index in [1.54, 1.807) is 43.4 Å². The number of rotatable bonds is 6. The molecule has 0 unspecified atom stereocenters. The van der Waals surface area contributed by atoms with Crippen molar-refractivity contribution in [2.45, 2.75) is 13.8 Å². The average molecular weight is 696 g/mol. The molecule has 46 heavy (non-hydrogen) atoms. The Hall–Kier alpha value is -4.99. The van der Waals surface area contributed by atoms with Gasteiger partial charge in [-0.05, 0) is 55.8 Å². The van der Waals surface area contributed by atoms with E-state index in [1.165, 1.54) is 27.9 Å². The van der Waals surface area contributed by atoms with Gasteiger partial charge in [0.1, 0.15) is 0 Å². The molecule has 2 heterocycles. The fraction of sp³-hybridized carbons (Fsp3) is 0.133. The second-order valence-corrected chi connectivity index (χ2v) is 10.5. The van der Waals surface area contributed by atoms with Gasteiger partial charge < -0.3 is 19.3 Å². The minimum Gasteiger partial charge on any atom is -0.759 e. The van der Waals surface area contributed by atoms with E-state index in [4.69, 9.17) is 17.5 Å². The van der Waals surface area contributed by atoms with Crippen LogP contribution in [0.15, 0.2) is 92.4 Å². The molecule has 0 bridgehead atoms. The first-order valence-electron chi connectivity index (χ1n) is 13.2. The van der Waals surface area contributed by atoms with Crippen molar-refractivity contribution in [3.63, 3.8) is 0 Å². The van der Waals surface area contributed by atoms with Crippen molar-refractivity contribution >= 4 is 34.2 Å². The van der Waals surface area contributed by atoms with Crippen molar-refractivity contribution in [3.8, 4) is 22.9 Å². The minimum atomic E-state index is -5.17. The summed E-state index contributed by atoms with van der Waals surface area (Å²) in [6.07, 6.45) is 2.76. The molecular formula is C30H28CuN6O8S. The Balaban J connectivity index is 0.000000892. The Kier molecular flexibility index (Phi) is 11.1. The summed E-state index contributed by atoms with van der Waals surface area (Å²) in [5.74, 6) is -0.774. The molecule has 0 aliphatic rings. The van der Waals surface area contributed by atoms with Crippen molar-refractivity contribution < 1.29 is 44.8 Å². The number of aromatic nitrogens is 4. The molecule has 0 aliphatic heterocycles. The van der Waals surface area contributed by atoms with Gasteiger partial charge in [-0.3, -0.25) is 27.4 Å². The van der Waals surface area contributed by atoms with E-state index in [9.17, 15) is 19.8 Å². The standard InChI is InChI=1S/C30H28N6O4.Cu.H2O4S/c1-19-26(29(39)35(33(19)3)23-11-7-5-8-12-23)31-17-21-15-22(28(38)25(37)16-21)18-32-27-20(2)34(4)36(30(27)40)24-13-9-6-10-14-24;;1-5(2,3)4/h5-18,37-38H,1-4H3;;(H2,1,2,3,4)/q;+2;/p-2. The molecule has 0 atom stereocenters. The molecule has 5 rings (SSSR count). The third-order valence-corrected chi connectivity index (χ3v) is 6.86. The zero-order valence-electron chi connectivity index (χ0n) is 24.8. The predicted molar refractivity (Wildman–Crippen MR) is 166 cm³/mol. The third kappa shape index (κ3) is 7.80. The Morgan fingerprint density at radius 1 is 0.717 bits per heavy atom. The molecule has 2 aromatic heterocycles. The Bertz CT molecular complexity index is 2140. The van der Waals surface area contributed by atoms with Gasteiger partial charge >= 0.3 is 17.1 Å². The van der Waals surface area contributed by atoms with Crippen molar-refractivity contribution in [2.75, 3.05) is 0 Å². The van der Waals surface area contributed by atoms with Crippen LogP contribution in [0.2, 0.25) is 0 Å². The summed E-state index contributed by atoms with van der Waals surface area (Å²) >= 11 is 0. The monoisotopic (exact) mass is 695 g/mol. The molecule has 0 amide bonds. The number of benzene rings is 3. The molecule has 0 spiro atoms. The molecule has 5 aromatic rings. The molecule has 2 N–H and O–H groups in total. The van der Waals surface area contributed by atoms with Crippen LogP contribution >= 0.6 is 0 Å². The average Bonchev–Trinajstić information content (AvgIpc) is 3.33. The summed E-state index contributed by atoms with van der Waals surface area (Å²) in [6.45, 7) is 3.57. The number of hydrogen-bond donors (Lipinski definition) is 2. The number of nitrogens with zero attached hydrogens (tertiary/aromatic N) is 6. The number of hydrogen-bond acceptors (Lipinski definition) is 10. The second-order valence-electron chi connectivity index (χ2n) is 9.72. The van der Waals surface area contributed by atoms with Crippen LogP contribution in [0.25, 0.3) is 11.4 Å². The number of aliphatic imine (C=N–C) groups is 2. The Labute approximate surface area is 273 Å². The molecule has 1 radical (unpaired) electrons. The maximum absolute atomic E-state index is 13.2. The van der Waals surface area contributed by atoms with Gasteiger partial charge in [0.15, 0.2) is 22.9 Å². The van der Waals surface area contributed by atoms with Gasteiger partial charge in [-0.25, -0.2) is 19.3 Å².